The zero-order valence-electron chi connectivity index (χ0n) is 18.8. The minimum atomic E-state index is -4.49. The second-order valence-electron chi connectivity index (χ2n) is 6.78. The molecule has 0 bridgehead atoms. The van der Waals surface area contributed by atoms with Crippen LogP contribution in [0.1, 0.15) is 21.5 Å². The lowest BCUT2D eigenvalue weighted by Gasteiger charge is -2.13. The summed E-state index contributed by atoms with van der Waals surface area (Å²) in [6, 6.07) is 10.8. The molecule has 35 heavy (non-hydrogen) atoms. The molecule has 0 aliphatic rings. The van der Waals surface area contributed by atoms with Gasteiger partial charge in [-0.2, -0.15) is 13.2 Å². The maximum Gasteiger partial charge on any atom is 0.417 e. The monoisotopic (exact) mass is 491 g/mol. The van der Waals surface area contributed by atoms with E-state index in [1.807, 2.05) is 0 Å². The summed E-state index contributed by atoms with van der Waals surface area (Å²) in [7, 11) is 4.24. The van der Waals surface area contributed by atoms with Crippen LogP contribution in [0.2, 0.25) is 0 Å². The number of benzene rings is 2. The summed E-state index contributed by atoms with van der Waals surface area (Å²) in [5.41, 5.74) is 5.48. The highest BCUT2D eigenvalue weighted by Crippen LogP contribution is 2.38. The van der Waals surface area contributed by atoms with E-state index in [-0.39, 0.29) is 28.8 Å². The Morgan fingerprint density at radius 2 is 1.54 bits per heavy atom. The topological polar surface area (TPSA) is 114 Å². The molecule has 3 rings (SSSR count). The first-order valence-corrected chi connectivity index (χ1v) is 9.82. The Morgan fingerprint density at radius 3 is 2.03 bits per heavy atom. The number of nitrogens with two attached hydrogens (primary N) is 1. The molecule has 0 amide bonds. The molecule has 0 saturated heterocycles. The van der Waals surface area contributed by atoms with Crippen LogP contribution in [-0.2, 0) is 11.0 Å². The molecule has 184 valence electrons. The highest BCUT2D eigenvalue weighted by molar-refractivity contribution is 5.98. The van der Waals surface area contributed by atoms with Crippen LogP contribution in [0.5, 0.6) is 28.9 Å². The lowest BCUT2D eigenvalue weighted by Crippen LogP contribution is -2.15. The van der Waals surface area contributed by atoms with Crippen molar-refractivity contribution in [3.63, 3.8) is 0 Å². The number of carbonyl (C=O) groups excluding carboxylic acids is 1. The van der Waals surface area contributed by atoms with Gasteiger partial charge in [-0.3, -0.25) is 0 Å². The van der Waals surface area contributed by atoms with E-state index in [1.54, 1.807) is 0 Å². The fourth-order valence-corrected chi connectivity index (χ4v) is 2.82. The summed E-state index contributed by atoms with van der Waals surface area (Å²) in [5, 5.41) is 3.64. The summed E-state index contributed by atoms with van der Waals surface area (Å²) in [5.74, 6) is 0.173. The van der Waals surface area contributed by atoms with Gasteiger partial charge in [0, 0.05) is 17.8 Å². The van der Waals surface area contributed by atoms with Crippen LogP contribution in [-0.4, -0.2) is 38.1 Å². The predicted octanol–water partition coefficient (Wildman–Crippen LogP) is 4.40. The Morgan fingerprint density at radius 1 is 0.914 bits per heavy atom. The van der Waals surface area contributed by atoms with Gasteiger partial charge in [0.25, 0.3) is 0 Å². The molecule has 0 saturated carbocycles. The van der Waals surface area contributed by atoms with E-state index in [4.69, 9.17) is 29.5 Å². The third-order valence-corrected chi connectivity index (χ3v) is 4.56. The minimum absolute atomic E-state index is 0.0216. The number of alkyl halides is 3. The average molecular weight is 491 g/mol. The van der Waals surface area contributed by atoms with Crippen LogP contribution in [0.25, 0.3) is 0 Å². The Balaban J connectivity index is 1.68. The van der Waals surface area contributed by atoms with E-state index in [0.717, 1.165) is 12.1 Å². The Bertz CT molecular complexity index is 1190. The van der Waals surface area contributed by atoms with Crippen molar-refractivity contribution in [3.05, 3.63) is 71.4 Å². The zero-order valence-corrected chi connectivity index (χ0v) is 18.8. The van der Waals surface area contributed by atoms with Crippen molar-refractivity contribution in [2.24, 2.45) is 10.9 Å². The number of methoxy groups -OCH3 is 3. The van der Waals surface area contributed by atoms with Crippen LogP contribution in [0.4, 0.5) is 13.2 Å². The standard InChI is InChI=1S/C23H20F3N3O6/c1-31-17-10-14(11-18(32-2)20(17)33-3)22(30)35-29-21(27)13-4-7-16(8-5-13)34-19-9-6-15(12-28-19)23(24,25)26/h4-12H,1-3H3,(H2,27,29). The first-order chi connectivity index (χ1) is 16.7. The fraction of sp³-hybridized carbons (Fsp3) is 0.174. The number of hydrogen-bond acceptors (Lipinski definition) is 8. The molecule has 0 spiro atoms. The number of aromatic nitrogens is 1. The van der Waals surface area contributed by atoms with Crippen molar-refractivity contribution in [2.75, 3.05) is 21.3 Å². The number of pyridine rings is 1. The minimum Gasteiger partial charge on any atom is -0.493 e. The number of carbonyl (C=O) groups is 1. The average Bonchev–Trinajstić information content (AvgIpc) is 2.86. The van der Waals surface area contributed by atoms with Gasteiger partial charge in [0.05, 0.1) is 32.5 Å². The van der Waals surface area contributed by atoms with Crippen molar-refractivity contribution in [1.82, 2.24) is 4.98 Å². The predicted molar refractivity (Wildman–Crippen MR) is 118 cm³/mol. The second kappa shape index (κ2) is 10.6. The Labute approximate surface area is 197 Å². The fourth-order valence-electron chi connectivity index (χ4n) is 2.82. The number of oxime groups is 1. The lowest BCUT2D eigenvalue weighted by molar-refractivity contribution is -0.137. The molecule has 3 aromatic rings. The van der Waals surface area contributed by atoms with E-state index in [2.05, 4.69) is 10.1 Å². The molecule has 2 aromatic carbocycles. The third-order valence-electron chi connectivity index (χ3n) is 4.56. The molecule has 0 atom stereocenters. The van der Waals surface area contributed by atoms with Crippen molar-refractivity contribution >= 4 is 11.8 Å². The summed E-state index contributed by atoms with van der Waals surface area (Å²) >= 11 is 0. The molecule has 0 aliphatic heterocycles. The normalized spacial score (nSPS) is 11.5. The van der Waals surface area contributed by atoms with Gasteiger partial charge < -0.3 is 29.5 Å². The zero-order chi connectivity index (χ0) is 25.6. The number of rotatable bonds is 8. The molecule has 1 aromatic heterocycles. The quantitative estimate of drug-likeness (QED) is 0.214. The van der Waals surface area contributed by atoms with Crippen molar-refractivity contribution in [1.29, 1.82) is 0 Å². The van der Waals surface area contributed by atoms with Gasteiger partial charge in [0.1, 0.15) is 5.75 Å². The van der Waals surface area contributed by atoms with E-state index >= 15 is 0 Å². The van der Waals surface area contributed by atoms with Gasteiger partial charge in [0.2, 0.25) is 11.6 Å². The number of amidine groups is 1. The van der Waals surface area contributed by atoms with E-state index in [0.29, 0.717) is 23.3 Å². The number of ether oxygens (including phenoxy) is 4. The molecular weight excluding hydrogens is 471 g/mol. The number of nitrogens with zero attached hydrogens (tertiary/aromatic N) is 2. The molecule has 12 heteroatoms. The molecular formula is C23H20F3N3O6. The van der Waals surface area contributed by atoms with Crippen LogP contribution < -0.4 is 24.7 Å². The maximum atomic E-state index is 12.6. The second-order valence-corrected chi connectivity index (χ2v) is 6.78. The van der Waals surface area contributed by atoms with Crippen molar-refractivity contribution in [2.45, 2.75) is 6.18 Å². The molecule has 0 aliphatic carbocycles. The summed E-state index contributed by atoms with van der Waals surface area (Å²) in [6.45, 7) is 0. The smallest absolute Gasteiger partial charge is 0.417 e. The summed E-state index contributed by atoms with van der Waals surface area (Å²) in [4.78, 5) is 21.0. The van der Waals surface area contributed by atoms with Crippen LogP contribution in [0.15, 0.2) is 59.9 Å². The first kappa shape index (κ1) is 25.1. The van der Waals surface area contributed by atoms with E-state index in [9.17, 15) is 18.0 Å². The summed E-state index contributed by atoms with van der Waals surface area (Å²) in [6.07, 6.45) is -3.81. The van der Waals surface area contributed by atoms with Crippen LogP contribution in [0.3, 0.4) is 0 Å². The van der Waals surface area contributed by atoms with E-state index in [1.165, 1.54) is 57.7 Å². The van der Waals surface area contributed by atoms with Gasteiger partial charge in [0.15, 0.2) is 17.3 Å². The molecule has 2 N–H and O–H groups in total. The molecule has 0 radical (unpaired) electrons. The Hall–Kier alpha value is -4.48. The van der Waals surface area contributed by atoms with Gasteiger partial charge in [-0.05, 0) is 42.5 Å². The highest BCUT2D eigenvalue weighted by atomic mass is 19.4. The van der Waals surface area contributed by atoms with Gasteiger partial charge >= 0.3 is 12.1 Å². The van der Waals surface area contributed by atoms with E-state index < -0.39 is 17.7 Å². The maximum absolute atomic E-state index is 12.6. The van der Waals surface area contributed by atoms with Crippen molar-refractivity contribution in [3.8, 4) is 28.9 Å². The van der Waals surface area contributed by atoms with Crippen molar-refractivity contribution < 1.29 is 41.8 Å². The lowest BCUT2D eigenvalue weighted by atomic mass is 10.2. The van der Waals surface area contributed by atoms with Crippen LogP contribution >= 0.6 is 0 Å². The number of halogens is 3. The SMILES string of the molecule is COc1cc(C(=O)O/N=C(/N)c2ccc(Oc3ccc(C(F)(F)F)cn3)cc2)cc(OC)c1OC. The van der Waals surface area contributed by atoms with Crippen LogP contribution in [0, 0.1) is 0 Å². The van der Waals surface area contributed by atoms with Gasteiger partial charge in [-0.15, -0.1) is 0 Å². The highest BCUT2D eigenvalue weighted by Gasteiger charge is 2.30. The summed E-state index contributed by atoms with van der Waals surface area (Å²) < 4.78 is 58.9. The molecule has 1 heterocycles. The first-order valence-electron chi connectivity index (χ1n) is 9.82. The molecule has 0 fully saturated rings. The molecule has 9 nitrogen and oxygen atoms in total. The third kappa shape index (κ3) is 6.10. The van der Waals surface area contributed by atoms with Gasteiger partial charge in [-0.1, -0.05) is 5.16 Å². The molecule has 0 unspecified atom stereocenters. The number of hydrogen-bond donors (Lipinski definition) is 1. The van der Waals surface area contributed by atoms with Gasteiger partial charge in [-0.25, -0.2) is 9.78 Å². The Kier molecular flexibility index (Phi) is 7.64. The largest absolute Gasteiger partial charge is 0.493 e.